The van der Waals surface area contributed by atoms with Crippen LogP contribution in [0.1, 0.15) is 74.7 Å². The molecule has 1 aliphatic heterocycles. The molecule has 5 aromatic rings. The van der Waals surface area contributed by atoms with E-state index in [-0.39, 0.29) is 23.1 Å². The molecule has 5 nitrogen and oxygen atoms in total. The third-order valence-electron chi connectivity index (χ3n) is 11.9. The normalized spacial score (nSPS) is 17.1. The van der Waals surface area contributed by atoms with Gasteiger partial charge in [0.15, 0.2) is 0 Å². The van der Waals surface area contributed by atoms with E-state index in [0.717, 1.165) is 6.42 Å². The zero-order chi connectivity index (χ0) is 41.6. The second-order valence-corrected chi connectivity index (χ2v) is 33.5. The summed E-state index contributed by atoms with van der Waals surface area (Å²) in [6.07, 6.45) is 3.92. The summed E-state index contributed by atoms with van der Waals surface area (Å²) in [7, 11) is -2.89. The molecule has 3 atom stereocenters. The van der Waals surface area contributed by atoms with E-state index < -0.39 is 37.9 Å². The third-order valence-corrected chi connectivity index (χ3v) is 31.6. The fourth-order valence-corrected chi connectivity index (χ4v) is 29.1. The van der Waals surface area contributed by atoms with E-state index in [0.29, 0.717) is 26.0 Å². The van der Waals surface area contributed by atoms with Crippen LogP contribution in [0, 0.1) is 5.92 Å². The molecule has 0 unspecified atom stereocenters. The van der Waals surface area contributed by atoms with E-state index in [9.17, 15) is 9.90 Å². The quantitative estimate of drug-likeness (QED) is 0.121. The van der Waals surface area contributed by atoms with Gasteiger partial charge in [0.1, 0.15) is 0 Å². The number of benzene rings is 5. The summed E-state index contributed by atoms with van der Waals surface area (Å²) in [5, 5.41) is 14.9. The Morgan fingerprint density at radius 1 is 0.724 bits per heavy atom. The number of carbonyl (C=O) groups excluding carboxylic acids is 1. The Morgan fingerprint density at radius 3 is 1.53 bits per heavy atom. The Labute approximate surface area is 353 Å². The molecule has 1 heterocycles. The van der Waals surface area contributed by atoms with Crippen LogP contribution in [0.15, 0.2) is 161 Å². The second-order valence-electron chi connectivity index (χ2n) is 18.3. The van der Waals surface area contributed by atoms with Gasteiger partial charge in [-0.1, -0.05) is 0 Å². The molecule has 58 heavy (non-hydrogen) atoms. The number of likely N-dealkylation sites (tertiary alicyclic amines) is 1. The third kappa shape index (κ3) is 9.10. The molecule has 0 aromatic heterocycles. The van der Waals surface area contributed by atoms with Crippen molar-refractivity contribution in [2.45, 2.75) is 96.9 Å². The Kier molecular flexibility index (Phi) is 13.6. The van der Waals surface area contributed by atoms with Crippen molar-refractivity contribution in [2.75, 3.05) is 13.2 Å². The molecule has 1 saturated heterocycles. The number of nitrogens with zero attached hydrogens (tertiary/aromatic N) is 1. The number of rotatable bonds is 13. The van der Waals surface area contributed by atoms with Crippen LogP contribution in [0.3, 0.4) is 0 Å². The van der Waals surface area contributed by atoms with Gasteiger partial charge in [-0.15, -0.1) is 0 Å². The molecular formula is C51H63NO4SiSn. The predicted octanol–water partition coefficient (Wildman–Crippen LogP) is 8.38. The Hall–Kier alpha value is -3.95. The van der Waals surface area contributed by atoms with Gasteiger partial charge < -0.3 is 0 Å². The van der Waals surface area contributed by atoms with E-state index in [1.807, 2.05) is 27.7 Å². The standard InChI is InChI=1S/C33H48NO4Si.3C6H5.Sn/c1-26(17-15-23-33(8,36)29-22-16-24-34(29)30(35)38-31(2,3)4)25-37-39(32(5,6)7,27-18-11-9-12-19-27)28-20-13-10-14-21-28;3*1-2-4-6-5-3-1;/h9-15,18-21,26,29,36H,16,22-25H2,1-8H3;3*1-5H;/t26-,29-,33-;;;;/m0..../s1. The minimum absolute atomic E-state index is 0.0283. The maximum absolute atomic E-state index is 13.5. The molecule has 6 rings (SSSR count). The van der Waals surface area contributed by atoms with Crippen LogP contribution >= 0.6 is 0 Å². The zero-order valence-corrected chi connectivity index (χ0v) is 39.7. The predicted molar refractivity (Wildman–Crippen MR) is 246 cm³/mol. The molecule has 1 amide bonds. The van der Waals surface area contributed by atoms with Crippen molar-refractivity contribution in [3.8, 4) is 0 Å². The van der Waals surface area contributed by atoms with Crippen molar-refractivity contribution >= 4 is 53.9 Å². The van der Waals surface area contributed by atoms with E-state index in [1.165, 1.54) is 24.7 Å². The van der Waals surface area contributed by atoms with Crippen LogP contribution in [0.5, 0.6) is 0 Å². The molecule has 5 aromatic carbocycles. The van der Waals surface area contributed by atoms with E-state index in [4.69, 9.17) is 9.16 Å². The number of aliphatic hydroxyl groups is 1. The number of hydrogen-bond donors (Lipinski definition) is 1. The van der Waals surface area contributed by atoms with Gasteiger partial charge in [-0.05, 0) is 0 Å². The van der Waals surface area contributed by atoms with Crippen molar-refractivity contribution in [3.05, 3.63) is 161 Å². The summed E-state index contributed by atoms with van der Waals surface area (Å²) < 4.78 is 19.0. The maximum atomic E-state index is 13.5. The first-order valence-corrected chi connectivity index (χ1v) is 28.6. The number of carbonyl (C=O) groups is 1. The van der Waals surface area contributed by atoms with E-state index in [1.54, 1.807) is 4.90 Å². The molecule has 1 fully saturated rings. The second kappa shape index (κ2) is 18.1. The van der Waals surface area contributed by atoms with Gasteiger partial charge in [0.05, 0.1) is 0 Å². The van der Waals surface area contributed by atoms with Crippen molar-refractivity contribution in [1.82, 2.24) is 4.90 Å². The van der Waals surface area contributed by atoms with Gasteiger partial charge in [-0.2, -0.15) is 0 Å². The summed E-state index contributed by atoms with van der Waals surface area (Å²) in [6, 6.07) is 54.6. The van der Waals surface area contributed by atoms with E-state index in [2.05, 4.69) is 185 Å². The van der Waals surface area contributed by atoms with Crippen LogP contribution < -0.4 is 21.1 Å². The SMILES string of the molecule is C[C@H](CO[Si](c1ccccc1)(c1ccccc1)C(C)(C)C)/[C](=C/C[C@](C)(O)[C@@H]1CCCN1C(=O)OC(C)(C)C)[Sn]([c]1ccccc1)([c]1ccccc1)[c]1ccccc1. The first-order valence-electron chi connectivity index (χ1n) is 21.0. The first kappa shape index (κ1) is 43.6. The van der Waals surface area contributed by atoms with E-state index >= 15 is 0 Å². The average molecular weight is 901 g/mol. The fourth-order valence-electron chi connectivity index (χ4n) is 9.29. The number of hydrogen-bond acceptors (Lipinski definition) is 4. The minimum atomic E-state index is -4.23. The summed E-state index contributed by atoms with van der Waals surface area (Å²) >= 11 is -4.23. The topological polar surface area (TPSA) is 59.0 Å². The molecule has 0 aliphatic carbocycles. The summed E-state index contributed by atoms with van der Waals surface area (Å²) in [4.78, 5) is 15.3. The molecule has 0 radical (unpaired) electrons. The van der Waals surface area contributed by atoms with Gasteiger partial charge >= 0.3 is 355 Å². The van der Waals surface area contributed by atoms with Crippen molar-refractivity contribution in [3.63, 3.8) is 0 Å². The molecule has 1 aliphatic rings. The molecule has 0 saturated carbocycles. The Morgan fingerprint density at radius 2 is 1.14 bits per heavy atom. The Balaban J connectivity index is 1.55. The van der Waals surface area contributed by atoms with Gasteiger partial charge in [0.25, 0.3) is 0 Å². The van der Waals surface area contributed by atoms with Crippen molar-refractivity contribution in [1.29, 1.82) is 0 Å². The van der Waals surface area contributed by atoms with Gasteiger partial charge in [-0.25, -0.2) is 0 Å². The van der Waals surface area contributed by atoms with Crippen molar-refractivity contribution < 1.29 is 19.1 Å². The summed E-state index contributed by atoms with van der Waals surface area (Å²) in [5.41, 5.74) is -1.84. The fraction of sp³-hybridized carbons (Fsp3) is 0.353. The van der Waals surface area contributed by atoms with Crippen LogP contribution in [-0.2, 0) is 9.16 Å². The number of ether oxygens (including phenoxy) is 1. The first-order chi connectivity index (χ1) is 27.6. The summed E-state index contributed by atoms with van der Waals surface area (Å²) in [6.45, 7) is 18.0. The molecule has 0 bridgehead atoms. The number of amides is 1. The molecule has 0 spiro atoms. The van der Waals surface area contributed by atoms with Gasteiger partial charge in [0.2, 0.25) is 0 Å². The van der Waals surface area contributed by atoms with Crippen LogP contribution in [0.25, 0.3) is 0 Å². The van der Waals surface area contributed by atoms with Gasteiger partial charge in [0, 0.05) is 0 Å². The van der Waals surface area contributed by atoms with Crippen LogP contribution in [0.2, 0.25) is 5.04 Å². The monoisotopic (exact) mass is 901 g/mol. The molecule has 1 N–H and O–H groups in total. The van der Waals surface area contributed by atoms with Crippen LogP contribution in [0.4, 0.5) is 4.79 Å². The molecular weight excluding hydrogens is 837 g/mol. The van der Waals surface area contributed by atoms with Crippen molar-refractivity contribution in [2.24, 2.45) is 5.92 Å². The Bertz CT molecular complexity index is 1960. The average Bonchev–Trinajstić information content (AvgIpc) is 3.73. The van der Waals surface area contributed by atoms with Crippen LogP contribution in [-0.4, -0.2) is 73.2 Å². The van der Waals surface area contributed by atoms with Gasteiger partial charge in [-0.3, -0.25) is 0 Å². The molecule has 7 heteroatoms. The summed E-state index contributed by atoms with van der Waals surface area (Å²) in [5.74, 6) is -0.0283. The zero-order valence-electron chi connectivity index (χ0n) is 35.8. The molecule has 304 valence electrons.